The van der Waals surface area contributed by atoms with E-state index in [1.54, 1.807) is 18.7 Å². The fraction of sp³-hybridized carbons (Fsp3) is 0.143. The van der Waals surface area contributed by atoms with Gasteiger partial charge in [-0.05, 0) is 17.7 Å². The van der Waals surface area contributed by atoms with Crippen molar-refractivity contribution < 1.29 is 4.52 Å². The zero-order valence-electron chi connectivity index (χ0n) is 10.4. The zero-order valence-corrected chi connectivity index (χ0v) is 10.4. The summed E-state index contributed by atoms with van der Waals surface area (Å²) < 4.78 is 6.99. The van der Waals surface area contributed by atoms with Crippen LogP contribution in [0.1, 0.15) is 11.3 Å². The molecule has 0 saturated heterocycles. The Labute approximate surface area is 110 Å². The van der Waals surface area contributed by atoms with E-state index in [0.29, 0.717) is 6.54 Å². The van der Waals surface area contributed by atoms with Crippen LogP contribution in [0.5, 0.6) is 0 Å². The molecule has 0 amide bonds. The summed E-state index contributed by atoms with van der Waals surface area (Å²) in [7, 11) is 0. The number of rotatable bonds is 5. The third kappa shape index (κ3) is 2.89. The van der Waals surface area contributed by atoms with Crippen LogP contribution in [0.15, 0.2) is 59.8 Å². The van der Waals surface area contributed by atoms with Crippen LogP contribution in [-0.2, 0) is 13.1 Å². The maximum absolute atomic E-state index is 5.02. The Morgan fingerprint density at radius 3 is 2.63 bits per heavy atom. The van der Waals surface area contributed by atoms with Crippen molar-refractivity contribution >= 4 is 0 Å². The number of benzene rings is 1. The molecule has 1 N–H and O–H groups in total. The first-order valence-electron chi connectivity index (χ1n) is 6.09. The largest absolute Gasteiger partial charge is 0.360 e. The molecule has 0 spiro atoms. The molecule has 0 unspecified atom stereocenters. The highest BCUT2D eigenvalue weighted by Gasteiger charge is 1.98. The highest BCUT2D eigenvalue weighted by Crippen LogP contribution is 2.09. The minimum atomic E-state index is 0.684. The van der Waals surface area contributed by atoms with Gasteiger partial charge in [0.25, 0.3) is 0 Å². The van der Waals surface area contributed by atoms with E-state index in [9.17, 15) is 0 Å². The average Bonchev–Trinajstić information content (AvgIpc) is 3.13. The average molecular weight is 254 g/mol. The number of hydrogen-bond donors (Lipinski definition) is 1. The van der Waals surface area contributed by atoms with E-state index in [0.717, 1.165) is 18.0 Å². The third-order valence-corrected chi connectivity index (χ3v) is 2.86. The van der Waals surface area contributed by atoms with Crippen LogP contribution in [0.4, 0.5) is 0 Å². The summed E-state index contributed by atoms with van der Waals surface area (Å²) in [5.41, 5.74) is 2.33. The monoisotopic (exact) mass is 254 g/mol. The highest BCUT2D eigenvalue weighted by molar-refractivity contribution is 5.34. The minimum Gasteiger partial charge on any atom is -0.360 e. The third-order valence-electron chi connectivity index (χ3n) is 2.86. The van der Waals surface area contributed by atoms with Crippen molar-refractivity contribution in [3.05, 3.63) is 66.6 Å². The molecule has 5 heteroatoms. The van der Waals surface area contributed by atoms with Gasteiger partial charge in [0.05, 0.1) is 19.1 Å². The van der Waals surface area contributed by atoms with Crippen molar-refractivity contribution in [1.82, 2.24) is 20.0 Å². The quantitative estimate of drug-likeness (QED) is 0.758. The number of nitrogens with zero attached hydrogens (tertiary/aromatic N) is 3. The SMILES string of the molecule is c1cn(-c2ccc(CNCc3ccno3)cc2)cn1. The first kappa shape index (κ1) is 11.7. The van der Waals surface area contributed by atoms with Crippen molar-refractivity contribution in [3.8, 4) is 5.69 Å². The number of hydrogen-bond acceptors (Lipinski definition) is 4. The fourth-order valence-corrected chi connectivity index (χ4v) is 1.86. The molecule has 3 aromatic rings. The molecule has 5 nitrogen and oxygen atoms in total. The molecule has 2 heterocycles. The Bertz CT molecular complexity index is 599. The van der Waals surface area contributed by atoms with E-state index in [4.69, 9.17) is 4.52 Å². The topological polar surface area (TPSA) is 55.9 Å². The van der Waals surface area contributed by atoms with E-state index in [-0.39, 0.29) is 0 Å². The first-order chi connectivity index (χ1) is 9.42. The minimum absolute atomic E-state index is 0.684. The molecular formula is C14H14N4O. The van der Waals surface area contributed by atoms with Crippen LogP contribution in [0.2, 0.25) is 0 Å². The molecule has 0 radical (unpaired) electrons. The number of nitrogens with one attached hydrogen (secondary N) is 1. The molecule has 0 aliphatic rings. The molecule has 0 aliphatic heterocycles. The van der Waals surface area contributed by atoms with Crippen LogP contribution in [0.3, 0.4) is 0 Å². The summed E-state index contributed by atoms with van der Waals surface area (Å²) >= 11 is 0. The Hall–Kier alpha value is -2.40. The predicted octanol–water partition coefficient (Wildman–Crippen LogP) is 2.15. The maximum atomic E-state index is 5.02. The van der Waals surface area contributed by atoms with Gasteiger partial charge in [0.1, 0.15) is 5.76 Å². The second-order valence-corrected chi connectivity index (χ2v) is 4.22. The van der Waals surface area contributed by atoms with Crippen molar-refractivity contribution in [3.63, 3.8) is 0 Å². The van der Waals surface area contributed by atoms with E-state index in [2.05, 4.69) is 39.7 Å². The fourth-order valence-electron chi connectivity index (χ4n) is 1.86. The smallest absolute Gasteiger partial charge is 0.150 e. The predicted molar refractivity (Wildman–Crippen MR) is 70.6 cm³/mol. The van der Waals surface area contributed by atoms with Crippen molar-refractivity contribution in [2.75, 3.05) is 0 Å². The molecule has 0 atom stereocenters. The van der Waals surface area contributed by atoms with Gasteiger partial charge >= 0.3 is 0 Å². The molecule has 1 aromatic carbocycles. The summed E-state index contributed by atoms with van der Waals surface area (Å²) in [5.74, 6) is 0.843. The van der Waals surface area contributed by atoms with E-state index in [1.807, 2.05) is 16.8 Å². The lowest BCUT2D eigenvalue weighted by Gasteiger charge is -2.05. The number of imidazole rings is 1. The van der Waals surface area contributed by atoms with E-state index in [1.165, 1.54) is 5.56 Å². The van der Waals surface area contributed by atoms with Gasteiger partial charge in [0.15, 0.2) is 0 Å². The summed E-state index contributed by atoms with van der Waals surface area (Å²) in [5, 5.41) is 6.97. The van der Waals surface area contributed by atoms with Crippen LogP contribution in [0, 0.1) is 0 Å². The summed E-state index contributed by atoms with van der Waals surface area (Å²) in [4.78, 5) is 4.03. The van der Waals surface area contributed by atoms with Gasteiger partial charge in [-0.3, -0.25) is 0 Å². The Kier molecular flexibility index (Phi) is 3.38. The van der Waals surface area contributed by atoms with Gasteiger partial charge < -0.3 is 14.4 Å². The molecule has 3 rings (SSSR count). The molecule has 0 fully saturated rings. The Morgan fingerprint density at radius 2 is 1.95 bits per heavy atom. The normalized spacial score (nSPS) is 10.7. The van der Waals surface area contributed by atoms with Gasteiger partial charge in [0, 0.05) is 30.7 Å². The maximum Gasteiger partial charge on any atom is 0.150 e. The second-order valence-electron chi connectivity index (χ2n) is 4.22. The standard InChI is InChI=1S/C14H14N4O/c1-3-13(18-8-7-15-11-18)4-2-12(1)9-16-10-14-5-6-17-19-14/h1-8,11,16H,9-10H2. The van der Waals surface area contributed by atoms with Crippen molar-refractivity contribution in [2.45, 2.75) is 13.1 Å². The van der Waals surface area contributed by atoms with E-state index < -0.39 is 0 Å². The first-order valence-corrected chi connectivity index (χ1v) is 6.09. The van der Waals surface area contributed by atoms with Gasteiger partial charge in [-0.1, -0.05) is 17.3 Å². The molecule has 0 saturated carbocycles. The molecular weight excluding hydrogens is 240 g/mol. The van der Waals surface area contributed by atoms with Gasteiger partial charge in [0.2, 0.25) is 0 Å². The highest BCUT2D eigenvalue weighted by atomic mass is 16.5. The Morgan fingerprint density at radius 1 is 1.05 bits per heavy atom. The van der Waals surface area contributed by atoms with Crippen LogP contribution in [-0.4, -0.2) is 14.7 Å². The van der Waals surface area contributed by atoms with Gasteiger partial charge in [-0.15, -0.1) is 0 Å². The second kappa shape index (κ2) is 5.49. The lowest BCUT2D eigenvalue weighted by molar-refractivity contribution is 0.373. The van der Waals surface area contributed by atoms with E-state index >= 15 is 0 Å². The van der Waals surface area contributed by atoms with Gasteiger partial charge in [-0.25, -0.2) is 4.98 Å². The van der Waals surface area contributed by atoms with Crippen molar-refractivity contribution in [2.24, 2.45) is 0 Å². The lowest BCUT2D eigenvalue weighted by Crippen LogP contribution is -2.12. The zero-order chi connectivity index (χ0) is 12.9. The van der Waals surface area contributed by atoms with Gasteiger partial charge in [-0.2, -0.15) is 0 Å². The van der Waals surface area contributed by atoms with Crippen molar-refractivity contribution in [1.29, 1.82) is 0 Å². The molecule has 0 bridgehead atoms. The molecule has 96 valence electrons. The van der Waals surface area contributed by atoms with Crippen LogP contribution in [0.25, 0.3) is 5.69 Å². The summed E-state index contributed by atoms with van der Waals surface area (Å²) in [6, 6.07) is 10.2. The Balaban J connectivity index is 1.57. The molecule has 2 aromatic heterocycles. The molecule has 0 aliphatic carbocycles. The number of aromatic nitrogens is 3. The summed E-state index contributed by atoms with van der Waals surface area (Å²) in [6.07, 6.45) is 7.14. The summed E-state index contributed by atoms with van der Waals surface area (Å²) in [6.45, 7) is 1.48. The molecule has 19 heavy (non-hydrogen) atoms. The lowest BCUT2D eigenvalue weighted by atomic mass is 10.2. The van der Waals surface area contributed by atoms with Crippen LogP contribution >= 0.6 is 0 Å². The van der Waals surface area contributed by atoms with Crippen LogP contribution < -0.4 is 5.32 Å².